The Labute approximate surface area is 149 Å². The fourth-order valence-corrected chi connectivity index (χ4v) is 3.92. The summed E-state index contributed by atoms with van der Waals surface area (Å²) in [6, 6.07) is 2.60. The first kappa shape index (κ1) is 18.9. The molecule has 144 valence electrons. The van der Waals surface area contributed by atoms with Crippen molar-refractivity contribution in [3.05, 3.63) is 35.1 Å². The van der Waals surface area contributed by atoms with E-state index in [0.717, 1.165) is 37.9 Å². The molecule has 26 heavy (non-hydrogen) atoms. The zero-order valence-corrected chi connectivity index (χ0v) is 14.5. The van der Waals surface area contributed by atoms with E-state index in [1.54, 1.807) is 0 Å². The number of nitrogens with zero attached hydrogens (tertiary/aromatic N) is 1. The Bertz CT molecular complexity index is 668. The van der Waals surface area contributed by atoms with E-state index < -0.39 is 29.2 Å². The summed E-state index contributed by atoms with van der Waals surface area (Å²) in [5.41, 5.74) is -1.82. The van der Waals surface area contributed by atoms with Gasteiger partial charge in [0.25, 0.3) is 0 Å². The number of halogens is 4. The Morgan fingerprint density at radius 2 is 2.04 bits per heavy atom. The molecule has 1 aliphatic heterocycles. The molecule has 2 fully saturated rings. The molecule has 0 spiro atoms. The number of methoxy groups -OCH3 is 1. The van der Waals surface area contributed by atoms with Crippen molar-refractivity contribution in [3.8, 4) is 0 Å². The Hall–Kier alpha value is -1.83. The molecule has 1 amide bonds. The van der Waals surface area contributed by atoms with Gasteiger partial charge in [-0.1, -0.05) is 0 Å². The number of hydrogen-bond acceptors (Lipinski definition) is 3. The third-order valence-corrected chi connectivity index (χ3v) is 5.42. The van der Waals surface area contributed by atoms with Crippen LogP contribution >= 0.6 is 0 Å². The van der Waals surface area contributed by atoms with Gasteiger partial charge in [-0.05, 0) is 62.4 Å². The summed E-state index contributed by atoms with van der Waals surface area (Å²) in [5.74, 6) is -0.954. The summed E-state index contributed by atoms with van der Waals surface area (Å²) >= 11 is 0. The maximum Gasteiger partial charge on any atom is 0.416 e. The molecule has 0 unspecified atom stereocenters. The summed E-state index contributed by atoms with van der Waals surface area (Å²) < 4.78 is 58.2. The molecule has 4 nitrogen and oxygen atoms in total. The number of ether oxygens (including phenoxy) is 1. The molecule has 1 saturated carbocycles. The van der Waals surface area contributed by atoms with Crippen LogP contribution in [0.3, 0.4) is 0 Å². The zero-order valence-electron chi connectivity index (χ0n) is 14.5. The molecule has 1 aromatic carbocycles. The third-order valence-electron chi connectivity index (χ3n) is 5.42. The maximum atomic E-state index is 14.0. The Kier molecular flexibility index (Phi) is 5.14. The van der Waals surface area contributed by atoms with Crippen LogP contribution < -0.4 is 5.32 Å². The molecule has 1 heterocycles. The summed E-state index contributed by atoms with van der Waals surface area (Å²) in [4.78, 5) is 13.9. The van der Waals surface area contributed by atoms with E-state index in [9.17, 15) is 22.4 Å². The minimum Gasteiger partial charge on any atom is -0.453 e. The van der Waals surface area contributed by atoms with Crippen LogP contribution in [0, 0.1) is 5.82 Å². The second-order valence-corrected chi connectivity index (χ2v) is 6.99. The molecular weight excluding hydrogens is 352 g/mol. The van der Waals surface area contributed by atoms with E-state index >= 15 is 0 Å². The van der Waals surface area contributed by atoms with E-state index in [4.69, 9.17) is 4.74 Å². The van der Waals surface area contributed by atoms with Gasteiger partial charge in [-0.25, -0.2) is 9.18 Å². The lowest BCUT2D eigenvalue weighted by Crippen LogP contribution is -2.57. The normalized spacial score (nSPS) is 22.0. The Morgan fingerprint density at radius 3 is 2.54 bits per heavy atom. The predicted molar refractivity (Wildman–Crippen MR) is 87.1 cm³/mol. The number of hydrogen-bond donors (Lipinski definition) is 1. The first-order valence-electron chi connectivity index (χ1n) is 8.73. The molecule has 1 atom stereocenters. The molecule has 3 rings (SSSR count). The Balaban J connectivity index is 2.00. The van der Waals surface area contributed by atoms with Crippen molar-refractivity contribution >= 4 is 6.09 Å². The molecule has 1 N–H and O–H groups in total. The number of carbonyl (C=O) groups excluding carboxylic acids is 1. The molecule has 2 aliphatic rings. The van der Waals surface area contributed by atoms with Crippen LogP contribution in [0.5, 0.6) is 0 Å². The molecule has 1 aliphatic carbocycles. The highest BCUT2D eigenvalue weighted by molar-refractivity contribution is 5.69. The van der Waals surface area contributed by atoms with Crippen LogP contribution in [-0.2, 0) is 16.5 Å². The van der Waals surface area contributed by atoms with Gasteiger partial charge in [0, 0.05) is 12.6 Å². The van der Waals surface area contributed by atoms with Crippen LogP contribution in [0.4, 0.5) is 22.4 Å². The highest BCUT2D eigenvalue weighted by Crippen LogP contribution is 2.48. The number of carbonyl (C=O) groups is 1. The van der Waals surface area contributed by atoms with Crippen LogP contribution in [0.25, 0.3) is 0 Å². The van der Waals surface area contributed by atoms with Gasteiger partial charge in [-0.3, -0.25) is 4.90 Å². The first-order chi connectivity index (χ1) is 12.3. The average molecular weight is 374 g/mol. The monoisotopic (exact) mass is 374 g/mol. The van der Waals surface area contributed by atoms with E-state index in [0.29, 0.717) is 25.5 Å². The zero-order chi connectivity index (χ0) is 18.9. The highest BCUT2D eigenvalue weighted by atomic mass is 19.4. The van der Waals surface area contributed by atoms with Gasteiger partial charge in [0.1, 0.15) is 5.82 Å². The molecule has 0 bridgehead atoms. The van der Waals surface area contributed by atoms with Crippen molar-refractivity contribution in [1.82, 2.24) is 10.2 Å². The van der Waals surface area contributed by atoms with Gasteiger partial charge < -0.3 is 10.1 Å². The van der Waals surface area contributed by atoms with Crippen molar-refractivity contribution in [2.24, 2.45) is 0 Å². The number of amides is 1. The highest BCUT2D eigenvalue weighted by Gasteiger charge is 2.48. The summed E-state index contributed by atoms with van der Waals surface area (Å²) in [6.07, 6.45) is -1.68. The fraction of sp³-hybridized carbons (Fsp3) is 0.611. The summed E-state index contributed by atoms with van der Waals surface area (Å²) in [7, 11) is 1.25. The van der Waals surface area contributed by atoms with Crippen molar-refractivity contribution in [3.63, 3.8) is 0 Å². The molecule has 1 saturated heterocycles. The van der Waals surface area contributed by atoms with Crippen LogP contribution in [-0.4, -0.2) is 37.2 Å². The topological polar surface area (TPSA) is 41.6 Å². The van der Waals surface area contributed by atoms with E-state index in [2.05, 4.69) is 5.32 Å². The Morgan fingerprint density at radius 1 is 1.31 bits per heavy atom. The maximum absolute atomic E-state index is 14.0. The molecule has 8 heteroatoms. The number of benzene rings is 1. The van der Waals surface area contributed by atoms with E-state index in [-0.39, 0.29) is 11.6 Å². The van der Waals surface area contributed by atoms with Gasteiger partial charge >= 0.3 is 12.3 Å². The first-order valence-corrected chi connectivity index (χ1v) is 8.73. The largest absolute Gasteiger partial charge is 0.453 e. The van der Waals surface area contributed by atoms with Crippen molar-refractivity contribution in [2.45, 2.75) is 49.9 Å². The van der Waals surface area contributed by atoms with Crippen LogP contribution in [0.15, 0.2) is 18.2 Å². The SMILES string of the molecule is COC(=O)N(C[C@H]1CCCN1)C1(c2cc(F)cc(C(F)(F)F)c2)CCC1. The summed E-state index contributed by atoms with van der Waals surface area (Å²) in [6.45, 7) is 1.16. The van der Waals surface area contributed by atoms with Gasteiger partial charge in [0.05, 0.1) is 18.2 Å². The van der Waals surface area contributed by atoms with Crippen LogP contribution in [0.2, 0.25) is 0 Å². The standard InChI is InChI=1S/C18H22F4N2O2/c1-26-16(25)24(11-15-4-2-7-23-15)17(5-3-6-17)12-8-13(18(20,21)22)10-14(19)9-12/h8-10,15,23H,2-7,11H2,1H3/t15-/m1/s1. The lowest BCUT2D eigenvalue weighted by atomic mass is 9.70. The van der Waals surface area contributed by atoms with E-state index in [1.807, 2.05) is 0 Å². The lowest BCUT2D eigenvalue weighted by molar-refractivity contribution is -0.138. The third kappa shape index (κ3) is 3.51. The van der Waals surface area contributed by atoms with Gasteiger partial charge in [-0.2, -0.15) is 13.2 Å². The second kappa shape index (κ2) is 7.06. The number of nitrogens with one attached hydrogen (secondary N) is 1. The smallest absolute Gasteiger partial charge is 0.416 e. The molecule has 0 radical (unpaired) electrons. The lowest BCUT2D eigenvalue weighted by Gasteiger charge is -2.50. The molecule has 0 aromatic heterocycles. The van der Waals surface area contributed by atoms with Crippen molar-refractivity contribution in [1.29, 1.82) is 0 Å². The fourth-order valence-electron chi connectivity index (χ4n) is 3.92. The quantitative estimate of drug-likeness (QED) is 0.809. The van der Waals surface area contributed by atoms with Crippen molar-refractivity contribution < 1.29 is 27.1 Å². The number of alkyl halides is 3. The predicted octanol–water partition coefficient (Wildman–Crippen LogP) is 4.04. The minimum absolute atomic E-state index is 0.0576. The van der Waals surface area contributed by atoms with Gasteiger partial charge in [0.15, 0.2) is 0 Å². The van der Waals surface area contributed by atoms with E-state index in [1.165, 1.54) is 12.0 Å². The average Bonchev–Trinajstić information content (AvgIpc) is 3.04. The molecule has 1 aromatic rings. The number of rotatable bonds is 4. The van der Waals surface area contributed by atoms with Crippen LogP contribution in [0.1, 0.15) is 43.2 Å². The second-order valence-electron chi connectivity index (χ2n) is 6.99. The molecular formula is C18H22F4N2O2. The van der Waals surface area contributed by atoms with Gasteiger partial charge in [0.2, 0.25) is 0 Å². The van der Waals surface area contributed by atoms with Crippen molar-refractivity contribution in [2.75, 3.05) is 20.2 Å². The van der Waals surface area contributed by atoms with Gasteiger partial charge in [-0.15, -0.1) is 0 Å². The minimum atomic E-state index is -4.65. The summed E-state index contributed by atoms with van der Waals surface area (Å²) in [5, 5.41) is 3.28.